The van der Waals surface area contributed by atoms with E-state index in [2.05, 4.69) is 52.0 Å². The number of hydrogen-bond donors (Lipinski definition) is 1. The van der Waals surface area contributed by atoms with Gasteiger partial charge in [-0.05, 0) is 31.5 Å². The Balaban J connectivity index is 1.77. The zero-order valence-electron chi connectivity index (χ0n) is 10.0. The summed E-state index contributed by atoms with van der Waals surface area (Å²) in [4.78, 5) is 0. The fourth-order valence-electron chi connectivity index (χ4n) is 2.81. The van der Waals surface area contributed by atoms with Crippen molar-refractivity contribution < 1.29 is 0 Å². The normalized spacial score (nSPS) is 25.4. The Bertz CT molecular complexity index is 382. The average molecular weight is 229 g/mol. The molecule has 1 aromatic rings. The number of piperidine rings is 1. The summed E-state index contributed by atoms with van der Waals surface area (Å²) >= 11 is 0. The SMILES string of the molecule is C1=NN(C2CCNCC2)C(c2ccccc2)C1. The van der Waals surface area contributed by atoms with Crippen molar-refractivity contribution in [3.63, 3.8) is 0 Å². The van der Waals surface area contributed by atoms with Crippen molar-refractivity contribution in [3.8, 4) is 0 Å². The zero-order chi connectivity index (χ0) is 11.5. The predicted octanol–water partition coefficient (Wildman–Crippen LogP) is 2.17. The number of benzene rings is 1. The van der Waals surface area contributed by atoms with Gasteiger partial charge in [0.15, 0.2) is 0 Å². The standard InChI is InChI=1S/C14H19N3/c1-2-4-12(5-3-1)14-8-11-16-17(14)13-6-9-15-10-7-13/h1-5,11,13-15H,6-10H2. The molecule has 0 spiro atoms. The second kappa shape index (κ2) is 4.88. The van der Waals surface area contributed by atoms with Crippen molar-refractivity contribution in [3.05, 3.63) is 35.9 Å². The van der Waals surface area contributed by atoms with E-state index in [1.807, 2.05) is 0 Å². The molecule has 0 aliphatic carbocycles. The Labute approximate surface area is 103 Å². The fourth-order valence-corrected chi connectivity index (χ4v) is 2.81. The molecule has 3 rings (SSSR count). The first-order chi connectivity index (χ1) is 8.45. The quantitative estimate of drug-likeness (QED) is 0.841. The van der Waals surface area contributed by atoms with Crippen molar-refractivity contribution in [2.24, 2.45) is 5.10 Å². The lowest BCUT2D eigenvalue weighted by molar-refractivity contribution is 0.131. The summed E-state index contributed by atoms with van der Waals surface area (Å²) in [5.41, 5.74) is 1.39. The lowest BCUT2D eigenvalue weighted by Crippen LogP contribution is -2.40. The summed E-state index contributed by atoms with van der Waals surface area (Å²) in [5.74, 6) is 0. The van der Waals surface area contributed by atoms with Gasteiger partial charge in [0.05, 0.1) is 12.1 Å². The molecule has 1 saturated heterocycles. The third-order valence-corrected chi connectivity index (χ3v) is 3.73. The molecule has 0 saturated carbocycles. The van der Waals surface area contributed by atoms with Crippen LogP contribution in [-0.2, 0) is 0 Å². The summed E-state index contributed by atoms with van der Waals surface area (Å²) in [5, 5.41) is 10.3. The van der Waals surface area contributed by atoms with Crippen molar-refractivity contribution >= 4 is 6.21 Å². The third kappa shape index (κ3) is 2.20. The van der Waals surface area contributed by atoms with Crippen LogP contribution >= 0.6 is 0 Å². The summed E-state index contributed by atoms with van der Waals surface area (Å²) in [6.07, 6.45) is 5.54. The van der Waals surface area contributed by atoms with Gasteiger partial charge in [-0.25, -0.2) is 0 Å². The number of nitrogens with one attached hydrogen (secondary N) is 1. The number of rotatable bonds is 2. The topological polar surface area (TPSA) is 27.6 Å². The lowest BCUT2D eigenvalue weighted by Gasteiger charge is -2.35. The van der Waals surface area contributed by atoms with Crippen LogP contribution < -0.4 is 5.32 Å². The summed E-state index contributed by atoms with van der Waals surface area (Å²) < 4.78 is 0. The maximum Gasteiger partial charge on any atom is 0.0773 e. The molecular weight excluding hydrogens is 210 g/mol. The first-order valence-electron chi connectivity index (χ1n) is 6.51. The Morgan fingerprint density at radius 1 is 1.12 bits per heavy atom. The van der Waals surface area contributed by atoms with Gasteiger partial charge >= 0.3 is 0 Å². The third-order valence-electron chi connectivity index (χ3n) is 3.73. The minimum Gasteiger partial charge on any atom is -0.317 e. The van der Waals surface area contributed by atoms with Crippen LogP contribution in [0.25, 0.3) is 0 Å². The highest BCUT2D eigenvalue weighted by molar-refractivity contribution is 5.60. The molecule has 3 nitrogen and oxygen atoms in total. The molecule has 3 heteroatoms. The monoisotopic (exact) mass is 229 g/mol. The van der Waals surface area contributed by atoms with Crippen LogP contribution in [0.3, 0.4) is 0 Å². The molecule has 90 valence electrons. The molecule has 0 amide bonds. The van der Waals surface area contributed by atoms with Crippen LogP contribution in [0.5, 0.6) is 0 Å². The number of hydrogen-bond acceptors (Lipinski definition) is 3. The molecular formula is C14H19N3. The number of hydrazone groups is 1. The van der Waals surface area contributed by atoms with Gasteiger partial charge < -0.3 is 5.32 Å². The minimum absolute atomic E-state index is 0.458. The van der Waals surface area contributed by atoms with E-state index in [0.717, 1.165) is 19.5 Å². The van der Waals surface area contributed by atoms with Crippen LogP contribution in [0.2, 0.25) is 0 Å². The van der Waals surface area contributed by atoms with Crippen LogP contribution in [-0.4, -0.2) is 30.4 Å². The Morgan fingerprint density at radius 2 is 1.88 bits per heavy atom. The fraction of sp³-hybridized carbons (Fsp3) is 0.500. The summed E-state index contributed by atoms with van der Waals surface area (Å²) in [7, 11) is 0. The molecule has 1 N–H and O–H groups in total. The molecule has 1 aromatic carbocycles. The minimum atomic E-state index is 0.458. The van der Waals surface area contributed by atoms with Gasteiger partial charge in [-0.15, -0.1) is 0 Å². The first-order valence-corrected chi connectivity index (χ1v) is 6.51. The lowest BCUT2D eigenvalue weighted by atomic mass is 10.00. The predicted molar refractivity (Wildman–Crippen MR) is 70.0 cm³/mol. The van der Waals surface area contributed by atoms with E-state index in [0.29, 0.717) is 12.1 Å². The molecule has 0 radical (unpaired) electrons. The van der Waals surface area contributed by atoms with Gasteiger partial charge in [0.2, 0.25) is 0 Å². The Hall–Kier alpha value is -1.35. The smallest absolute Gasteiger partial charge is 0.0773 e. The van der Waals surface area contributed by atoms with Crippen LogP contribution in [0.4, 0.5) is 0 Å². The van der Waals surface area contributed by atoms with Gasteiger partial charge in [-0.3, -0.25) is 5.01 Å². The van der Waals surface area contributed by atoms with E-state index in [1.54, 1.807) is 0 Å². The first kappa shape index (κ1) is 10.8. The maximum absolute atomic E-state index is 4.60. The molecule has 2 aliphatic heterocycles. The van der Waals surface area contributed by atoms with Crippen molar-refractivity contribution in [2.45, 2.75) is 31.3 Å². The van der Waals surface area contributed by atoms with Crippen LogP contribution in [0, 0.1) is 0 Å². The maximum atomic E-state index is 4.60. The van der Waals surface area contributed by atoms with Crippen LogP contribution in [0.1, 0.15) is 30.9 Å². The Morgan fingerprint density at radius 3 is 2.65 bits per heavy atom. The molecule has 1 unspecified atom stereocenters. The van der Waals surface area contributed by atoms with Crippen molar-refractivity contribution in [1.82, 2.24) is 10.3 Å². The summed E-state index contributed by atoms with van der Waals surface area (Å²) in [6.45, 7) is 2.25. The van der Waals surface area contributed by atoms with E-state index in [1.165, 1.54) is 18.4 Å². The van der Waals surface area contributed by atoms with Crippen molar-refractivity contribution in [2.75, 3.05) is 13.1 Å². The van der Waals surface area contributed by atoms with Gasteiger partial charge in [-0.1, -0.05) is 30.3 Å². The molecule has 1 atom stereocenters. The molecule has 0 aromatic heterocycles. The highest BCUT2D eigenvalue weighted by Gasteiger charge is 2.29. The largest absolute Gasteiger partial charge is 0.317 e. The molecule has 0 bridgehead atoms. The van der Waals surface area contributed by atoms with E-state index < -0.39 is 0 Å². The van der Waals surface area contributed by atoms with Gasteiger partial charge in [0, 0.05) is 12.6 Å². The van der Waals surface area contributed by atoms with Crippen LogP contribution in [0.15, 0.2) is 35.4 Å². The molecule has 17 heavy (non-hydrogen) atoms. The van der Waals surface area contributed by atoms with Gasteiger partial charge in [0.25, 0.3) is 0 Å². The van der Waals surface area contributed by atoms with Gasteiger partial charge in [0.1, 0.15) is 0 Å². The molecule has 2 aliphatic rings. The highest BCUT2D eigenvalue weighted by atomic mass is 15.5. The second-order valence-corrected chi connectivity index (χ2v) is 4.82. The Kier molecular flexibility index (Phi) is 3.10. The summed E-state index contributed by atoms with van der Waals surface area (Å²) in [6, 6.07) is 11.8. The zero-order valence-corrected chi connectivity index (χ0v) is 10.0. The highest BCUT2D eigenvalue weighted by Crippen LogP contribution is 2.32. The molecule has 1 fully saturated rings. The second-order valence-electron chi connectivity index (χ2n) is 4.82. The van der Waals surface area contributed by atoms with E-state index in [9.17, 15) is 0 Å². The average Bonchev–Trinajstić information content (AvgIpc) is 2.90. The number of nitrogens with zero attached hydrogens (tertiary/aromatic N) is 2. The van der Waals surface area contributed by atoms with E-state index in [-0.39, 0.29) is 0 Å². The van der Waals surface area contributed by atoms with E-state index >= 15 is 0 Å². The molecule has 2 heterocycles. The van der Waals surface area contributed by atoms with E-state index in [4.69, 9.17) is 0 Å². The van der Waals surface area contributed by atoms with Gasteiger partial charge in [-0.2, -0.15) is 5.10 Å². The van der Waals surface area contributed by atoms with Crippen molar-refractivity contribution in [1.29, 1.82) is 0 Å².